The van der Waals surface area contributed by atoms with Gasteiger partial charge in [0.1, 0.15) is 17.0 Å². The van der Waals surface area contributed by atoms with Crippen molar-refractivity contribution in [3.63, 3.8) is 0 Å². The highest BCUT2D eigenvalue weighted by molar-refractivity contribution is 6.00. The molecule has 0 unspecified atom stereocenters. The number of aromatic nitrogens is 4. The van der Waals surface area contributed by atoms with Crippen LogP contribution in [-0.2, 0) is 22.5 Å². The molecule has 11 heteroatoms. The summed E-state index contributed by atoms with van der Waals surface area (Å²) in [5, 5.41) is 25.0. The topological polar surface area (TPSA) is 153 Å². The van der Waals surface area contributed by atoms with Crippen LogP contribution in [0, 0.1) is 0 Å². The Morgan fingerprint density at radius 2 is 2.13 bits per heavy atom. The van der Waals surface area contributed by atoms with E-state index in [1.165, 1.54) is 18.5 Å². The van der Waals surface area contributed by atoms with E-state index in [4.69, 9.17) is 9.26 Å². The van der Waals surface area contributed by atoms with Crippen LogP contribution in [0.5, 0.6) is 5.75 Å². The van der Waals surface area contributed by atoms with E-state index in [9.17, 15) is 19.8 Å². The number of carboxylic acid groups (broad SMARTS) is 1. The molecule has 0 aliphatic rings. The van der Waals surface area contributed by atoms with Crippen LogP contribution < -0.4 is 5.32 Å². The van der Waals surface area contributed by atoms with Gasteiger partial charge in [-0.05, 0) is 18.6 Å². The second-order valence-electron chi connectivity index (χ2n) is 6.44. The third-order valence-corrected chi connectivity index (χ3v) is 4.16. The number of aromatic hydroxyl groups is 1. The third-order valence-electron chi connectivity index (χ3n) is 4.16. The van der Waals surface area contributed by atoms with Crippen LogP contribution in [0.1, 0.15) is 29.1 Å². The second-order valence-corrected chi connectivity index (χ2v) is 6.44. The van der Waals surface area contributed by atoms with Crippen molar-refractivity contribution in [3.8, 4) is 17.3 Å². The molecule has 3 aromatic heterocycles. The van der Waals surface area contributed by atoms with Gasteiger partial charge in [-0.25, -0.2) is 9.78 Å². The lowest BCUT2D eigenvalue weighted by molar-refractivity contribution is -0.116. The van der Waals surface area contributed by atoms with Gasteiger partial charge in [0.15, 0.2) is 0 Å². The average Bonchev–Trinajstić information content (AvgIpc) is 3.34. The van der Waals surface area contributed by atoms with E-state index in [-0.39, 0.29) is 47.5 Å². The van der Waals surface area contributed by atoms with Crippen molar-refractivity contribution >= 4 is 17.6 Å². The standard InChI is InChI=1S/C19H21N5O6/c1-29-8-2-7-24-10-13(19(27)28)15(11-24)21-16(26)5-6-17-22-18(23-30-17)14-4-3-12(25)9-20-14/h3-4,9-11,25H,2,5-8H2,1H3,(H,21,26)(H,27,28). The first-order valence-corrected chi connectivity index (χ1v) is 9.16. The molecule has 158 valence electrons. The van der Waals surface area contributed by atoms with Gasteiger partial charge in [0.25, 0.3) is 0 Å². The number of aromatic carboxylic acids is 1. The summed E-state index contributed by atoms with van der Waals surface area (Å²) in [4.78, 5) is 31.9. The maximum Gasteiger partial charge on any atom is 0.339 e. The Bertz CT molecular complexity index is 1010. The molecular weight excluding hydrogens is 394 g/mol. The molecule has 3 aromatic rings. The first-order chi connectivity index (χ1) is 14.5. The maximum absolute atomic E-state index is 12.3. The number of carbonyl (C=O) groups is 2. The summed E-state index contributed by atoms with van der Waals surface area (Å²) >= 11 is 0. The van der Waals surface area contributed by atoms with Gasteiger partial charge in [-0.15, -0.1) is 0 Å². The lowest BCUT2D eigenvalue weighted by atomic mass is 10.2. The van der Waals surface area contributed by atoms with E-state index >= 15 is 0 Å². The molecule has 1 amide bonds. The van der Waals surface area contributed by atoms with E-state index in [1.807, 2.05) is 0 Å². The predicted molar refractivity (Wildman–Crippen MR) is 104 cm³/mol. The number of rotatable bonds is 10. The Labute approximate surface area is 171 Å². The van der Waals surface area contributed by atoms with Crippen LogP contribution in [-0.4, -0.2) is 55.5 Å². The van der Waals surface area contributed by atoms with E-state index in [1.54, 1.807) is 23.9 Å². The lowest BCUT2D eigenvalue weighted by Crippen LogP contribution is -2.14. The number of amides is 1. The fraction of sp³-hybridized carbons (Fsp3) is 0.316. The molecule has 30 heavy (non-hydrogen) atoms. The maximum atomic E-state index is 12.3. The lowest BCUT2D eigenvalue weighted by Gasteiger charge is -2.03. The van der Waals surface area contributed by atoms with Crippen molar-refractivity contribution in [3.05, 3.63) is 42.2 Å². The van der Waals surface area contributed by atoms with Crippen molar-refractivity contribution in [2.45, 2.75) is 25.8 Å². The molecule has 0 aliphatic carbocycles. The van der Waals surface area contributed by atoms with Gasteiger partial charge in [-0.3, -0.25) is 4.79 Å². The molecular formula is C19H21N5O6. The van der Waals surface area contributed by atoms with Crippen molar-refractivity contribution in [2.24, 2.45) is 0 Å². The van der Waals surface area contributed by atoms with Crippen molar-refractivity contribution < 1.29 is 29.1 Å². The summed E-state index contributed by atoms with van der Waals surface area (Å²) in [7, 11) is 1.59. The molecule has 0 fully saturated rings. The zero-order chi connectivity index (χ0) is 21.5. The van der Waals surface area contributed by atoms with Crippen LogP contribution in [0.2, 0.25) is 0 Å². The monoisotopic (exact) mass is 415 g/mol. The summed E-state index contributed by atoms with van der Waals surface area (Å²) in [6, 6.07) is 2.99. The van der Waals surface area contributed by atoms with Gasteiger partial charge >= 0.3 is 5.97 Å². The number of nitrogens with zero attached hydrogens (tertiary/aromatic N) is 4. The summed E-state index contributed by atoms with van der Waals surface area (Å²) in [6.45, 7) is 1.12. The highest BCUT2D eigenvalue weighted by Gasteiger charge is 2.17. The number of carbonyl (C=O) groups excluding carboxylic acids is 1. The number of anilines is 1. The van der Waals surface area contributed by atoms with Crippen LogP contribution in [0.15, 0.2) is 35.2 Å². The van der Waals surface area contributed by atoms with Gasteiger partial charge in [-0.2, -0.15) is 4.98 Å². The molecule has 0 saturated carbocycles. The number of aryl methyl sites for hydroxylation is 2. The number of methoxy groups -OCH3 is 1. The number of nitrogens with one attached hydrogen (secondary N) is 1. The van der Waals surface area contributed by atoms with E-state index in [2.05, 4.69) is 20.4 Å². The molecule has 0 aliphatic heterocycles. The quantitative estimate of drug-likeness (QED) is 0.422. The zero-order valence-electron chi connectivity index (χ0n) is 16.2. The fourth-order valence-corrected chi connectivity index (χ4v) is 2.71. The van der Waals surface area contributed by atoms with Gasteiger partial charge in [-0.1, -0.05) is 5.16 Å². The van der Waals surface area contributed by atoms with E-state index < -0.39 is 5.97 Å². The third kappa shape index (κ3) is 5.41. The molecule has 0 atom stereocenters. The van der Waals surface area contributed by atoms with Gasteiger partial charge < -0.3 is 29.4 Å². The van der Waals surface area contributed by atoms with Gasteiger partial charge in [0, 0.05) is 45.5 Å². The highest BCUT2D eigenvalue weighted by atomic mass is 16.5. The Hall–Kier alpha value is -3.73. The van der Waals surface area contributed by atoms with Crippen molar-refractivity contribution in [1.29, 1.82) is 0 Å². The van der Waals surface area contributed by atoms with E-state index in [0.29, 0.717) is 25.3 Å². The minimum absolute atomic E-state index is 0.0132. The van der Waals surface area contributed by atoms with Crippen molar-refractivity contribution in [1.82, 2.24) is 19.7 Å². The molecule has 0 saturated heterocycles. The Morgan fingerprint density at radius 1 is 1.30 bits per heavy atom. The van der Waals surface area contributed by atoms with Crippen LogP contribution in [0.25, 0.3) is 11.5 Å². The Kier molecular flexibility index (Phi) is 6.75. The Balaban J connectivity index is 1.58. The largest absolute Gasteiger partial charge is 0.506 e. The SMILES string of the molecule is COCCCn1cc(NC(=O)CCc2nc(-c3ccc(O)cn3)no2)c(C(=O)O)c1. The van der Waals surface area contributed by atoms with Crippen LogP contribution >= 0.6 is 0 Å². The predicted octanol–water partition coefficient (Wildman–Crippen LogP) is 1.94. The molecule has 0 bridgehead atoms. The molecule has 0 radical (unpaired) electrons. The zero-order valence-corrected chi connectivity index (χ0v) is 16.2. The molecule has 3 rings (SSSR count). The number of pyridine rings is 1. The number of ether oxygens (including phenoxy) is 1. The number of hydrogen-bond donors (Lipinski definition) is 3. The second kappa shape index (κ2) is 9.65. The number of hydrogen-bond acceptors (Lipinski definition) is 8. The van der Waals surface area contributed by atoms with Gasteiger partial charge in [0.2, 0.25) is 17.6 Å². The molecule has 0 aromatic carbocycles. The highest BCUT2D eigenvalue weighted by Crippen LogP contribution is 2.19. The first kappa shape index (κ1) is 21.0. The molecule has 3 heterocycles. The van der Waals surface area contributed by atoms with Crippen LogP contribution in [0.3, 0.4) is 0 Å². The summed E-state index contributed by atoms with van der Waals surface area (Å²) in [6.07, 6.45) is 5.24. The van der Waals surface area contributed by atoms with Crippen LogP contribution in [0.4, 0.5) is 5.69 Å². The van der Waals surface area contributed by atoms with E-state index in [0.717, 1.165) is 0 Å². The summed E-state index contributed by atoms with van der Waals surface area (Å²) < 4.78 is 11.8. The summed E-state index contributed by atoms with van der Waals surface area (Å²) in [5.74, 6) is -1.00. The van der Waals surface area contributed by atoms with Gasteiger partial charge in [0.05, 0.1) is 11.9 Å². The molecule has 0 spiro atoms. The number of carboxylic acids is 1. The first-order valence-electron chi connectivity index (χ1n) is 9.16. The minimum atomic E-state index is -1.13. The average molecular weight is 415 g/mol. The molecule has 11 nitrogen and oxygen atoms in total. The smallest absolute Gasteiger partial charge is 0.339 e. The minimum Gasteiger partial charge on any atom is -0.506 e. The Morgan fingerprint density at radius 3 is 2.83 bits per heavy atom. The normalized spacial score (nSPS) is 10.8. The summed E-state index contributed by atoms with van der Waals surface area (Å²) in [5.41, 5.74) is 0.664. The van der Waals surface area contributed by atoms with Crippen molar-refractivity contribution in [2.75, 3.05) is 19.0 Å². The fourth-order valence-electron chi connectivity index (χ4n) is 2.71. The molecule has 3 N–H and O–H groups in total.